The van der Waals surface area contributed by atoms with Crippen LogP contribution in [0.4, 0.5) is 5.82 Å². The fourth-order valence-electron chi connectivity index (χ4n) is 7.01. The Hall–Kier alpha value is -6.01. The van der Waals surface area contributed by atoms with Gasteiger partial charge >= 0.3 is 0 Å². The lowest BCUT2D eigenvalue weighted by Gasteiger charge is -2.24. The zero-order valence-electron chi connectivity index (χ0n) is 26.1. The van der Waals surface area contributed by atoms with Crippen LogP contribution in [0.5, 0.6) is 0 Å². The third-order valence-electron chi connectivity index (χ3n) is 9.28. The van der Waals surface area contributed by atoms with E-state index in [1.165, 1.54) is 39.0 Å². The van der Waals surface area contributed by atoms with E-state index in [0.717, 1.165) is 58.5 Å². The number of hydrogen-bond acceptors (Lipinski definition) is 4. The fraction of sp³-hybridized carbons (Fsp3) is 0.0976. The van der Waals surface area contributed by atoms with E-state index >= 15 is 0 Å². The van der Waals surface area contributed by atoms with Gasteiger partial charge in [-0.25, -0.2) is 15.0 Å². The standard InChI is InChI=1S/C41H32N6/c1-45-25-5-9-37-36-8-4-24-44-40(36)47(41(37)45)33-20-16-31(17-21-33)27-29-12-10-28(11-13-29)26-30-14-18-32(19-15-30)46-38-34(6-2-22-42-38)35-7-3-23-43-39(35)46/h2-24H,25-27H2,1H3. The molecule has 0 N–H and O–H groups in total. The van der Waals surface area contributed by atoms with Gasteiger partial charge in [-0.05, 0) is 95.8 Å². The molecule has 0 saturated heterocycles. The fourth-order valence-corrected chi connectivity index (χ4v) is 7.01. The number of aromatic nitrogens is 5. The molecule has 6 heterocycles. The molecule has 0 spiro atoms. The summed E-state index contributed by atoms with van der Waals surface area (Å²) in [6, 6.07) is 39.1. The van der Waals surface area contributed by atoms with E-state index in [0.29, 0.717) is 0 Å². The Balaban J connectivity index is 0.918. The number of benzene rings is 3. The predicted molar refractivity (Wildman–Crippen MR) is 192 cm³/mol. The van der Waals surface area contributed by atoms with Crippen LogP contribution in [0, 0.1) is 0 Å². The van der Waals surface area contributed by atoms with E-state index < -0.39 is 0 Å². The smallest absolute Gasteiger partial charge is 0.146 e. The summed E-state index contributed by atoms with van der Waals surface area (Å²) in [5.74, 6) is 1.19. The first-order chi connectivity index (χ1) is 23.2. The Morgan fingerprint density at radius 1 is 0.511 bits per heavy atom. The Labute approximate surface area is 272 Å². The summed E-state index contributed by atoms with van der Waals surface area (Å²) in [6.07, 6.45) is 11.8. The van der Waals surface area contributed by atoms with E-state index in [9.17, 15) is 0 Å². The summed E-state index contributed by atoms with van der Waals surface area (Å²) in [7, 11) is 2.15. The number of hydrogen-bond donors (Lipinski definition) is 0. The first-order valence-electron chi connectivity index (χ1n) is 16.0. The normalized spacial score (nSPS) is 12.7. The Morgan fingerprint density at radius 2 is 0.936 bits per heavy atom. The van der Waals surface area contributed by atoms with Gasteiger partial charge in [0.2, 0.25) is 0 Å². The molecule has 0 atom stereocenters. The zero-order chi connectivity index (χ0) is 31.3. The van der Waals surface area contributed by atoms with Gasteiger partial charge in [0.25, 0.3) is 0 Å². The van der Waals surface area contributed by atoms with E-state index in [1.54, 1.807) is 0 Å². The lowest BCUT2D eigenvalue weighted by Crippen LogP contribution is -2.22. The van der Waals surface area contributed by atoms with Crippen molar-refractivity contribution >= 4 is 45.0 Å². The first kappa shape index (κ1) is 27.3. The van der Waals surface area contributed by atoms with Crippen molar-refractivity contribution in [1.82, 2.24) is 24.1 Å². The van der Waals surface area contributed by atoms with Crippen LogP contribution >= 0.6 is 0 Å². The van der Waals surface area contributed by atoms with Crippen LogP contribution in [-0.4, -0.2) is 37.7 Å². The number of anilines is 1. The van der Waals surface area contributed by atoms with E-state index in [1.807, 2.05) is 36.8 Å². The van der Waals surface area contributed by atoms with Gasteiger partial charge in [0.15, 0.2) is 0 Å². The second-order valence-electron chi connectivity index (χ2n) is 12.3. The minimum atomic E-state index is 0.881. The quantitative estimate of drug-likeness (QED) is 0.190. The number of rotatable bonds is 6. The Bertz CT molecular complexity index is 2380. The van der Waals surface area contributed by atoms with Gasteiger partial charge in [0.1, 0.15) is 22.8 Å². The first-order valence-corrected chi connectivity index (χ1v) is 16.0. The molecule has 0 amide bonds. The lowest BCUT2D eigenvalue weighted by atomic mass is 10.00. The molecule has 1 aliphatic heterocycles. The largest absolute Gasteiger partial charge is 0.356 e. The van der Waals surface area contributed by atoms with Crippen molar-refractivity contribution in [3.8, 4) is 11.4 Å². The van der Waals surface area contributed by atoms with Crippen molar-refractivity contribution in [2.24, 2.45) is 0 Å². The molecular formula is C41H32N6. The molecule has 0 unspecified atom stereocenters. The summed E-state index contributed by atoms with van der Waals surface area (Å²) in [5, 5.41) is 3.42. The van der Waals surface area contributed by atoms with Crippen LogP contribution in [0.2, 0.25) is 0 Å². The highest BCUT2D eigenvalue weighted by atomic mass is 15.2. The molecule has 6 heteroatoms. The molecule has 47 heavy (non-hydrogen) atoms. The summed E-state index contributed by atoms with van der Waals surface area (Å²) in [5.41, 5.74) is 11.5. The monoisotopic (exact) mass is 608 g/mol. The molecule has 0 aliphatic carbocycles. The van der Waals surface area contributed by atoms with Crippen molar-refractivity contribution < 1.29 is 0 Å². The Kier molecular flexibility index (Phi) is 6.45. The molecule has 226 valence electrons. The van der Waals surface area contributed by atoms with E-state index in [4.69, 9.17) is 4.98 Å². The molecule has 6 nitrogen and oxygen atoms in total. The van der Waals surface area contributed by atoms with Gasteiger partial charge in [-0.3, -0.25) is 9.13 Å². The summed E-state index contributed by atoms with van der Waals surface area (Å²) in [4.78, 5) is 16.4. The highest BCUT2D eigenvalue weighted by Crippen LogP contribution is 2.37. The van der Waals surface area contributed by atoms with Crippen molar-refractivity contribution in [2.45, 2.75) is 12.8 Å². The van der Waals surface area contributed by atoms with Gasteiger partial charge in [-0.15, -0.1) is 0 Å². The molecule has 0 radical (unpaired) electrons. The van der Waals surface area contributed by atoms with Crippen molar-refractivity contribution in [2.75, 3.05) is 18.5 Å². The van der Waals surface area contributed by atoms with Crippen LogP contribution in [0.1, 0.15) is 27.8 Å². The van der Waals surface area contributed by atoms with Gasteiger partial charge in [0.05, 0.1) is 0 Å². The van der Waals surface area contributed by atoms with Gasteiger partial charge in [-0.2, -0.15) is 0 Å². The topological polar surface area (TPSA) is 51.8 Å². The van der Waals surface area contributed by atoms with Crippen LogP contribution in [0.25, 0.3) is 50.6 Å². The highest BCUT2D eigenvalue weighted by molar-refractivity contribution is 6.06. The number of likely N-dealkylation sites (N-methyl/N-ethyl adjacent to an activating group) is 1. The highest BCUT2D eigenvalue weighted by Gasteiger charge is 2.22. The molecule has 1 aliphatic rings. The average Bonchev–Trinajstić information content (AvgIpc) is 3.64. The van der Waals surface area contributed by atoms with Gasteiger partial charge in [0, 0.05) is 65.3 Å². The van der Waals surface area contributed by atoms with Crippen LogP contribution < -0.4 is 4.90 Å². The predicted octanol–water partition coefficient (Wildman–Crippen LogP) is 8.56. The maximum Gasteiger partial charge on any atom is 0.146 e. The molecular weight excluding hydrogens is 576 g/mol. The summed E-state index contributed by atoms with van der Waals surface area (Å²) in [6.45, 7) is 0.890. The average molecular weight is 609 g/mol. The summed E-state index contributed by atoms with van der Waals surface area (Å²) >= 11 is 0. The number of pyridine rings is 3. The van der Waals surface area contributed by atoms with Crippen LogP contribution in [0.3, 0.4) is 0 Å². The number of nitrogens with zero attached hydrogens (tertiary/aromatic N) is 6. The zero-order valence-corrected chi connectivity index (χ0v) is 26.1. The molecule has 9 rings (SSSR count). The second kappa shape index (κ2) is 11.1. The molecule has 0 fully saturated rings. The molecule has 5 aromatic heterocycles. The third-order valence-corrected chi connectivity index (χ3v) is 9.28. The van der Waals surface area contributed by atoms with Gasteiger partial charge in [-0.1, -0.05) is 60.7 Å². The minimum Gasteiger partial charge on any atom is -0.356 e. The van der Waals surface area contributed by atoms with Crippen LogP contribution in [-0.2, 0) is 12.8 Å². The third kappa shape index (κ3) is 4.69. The Morgan fingerprint density at radius 3 is 1.45 bits per heavy atom. The lowest BCUT2D eigenvalue weighted by molar-refractivity contribution is 0.938. The SMILES string of the molecule is CN1CC=Cc2c1n(-c1ccc(Cc3ccc(Cc4ccc(-n5c6ncccc6c6cccnc65)cc4)cc3)cc1)c1ncccc21. The molecule has 0 saturated carbocycles. The van der Waals surface area contributed by atoms with E-state index in [-0.39, 0.29) is 0 Å². The maximum absolute atomic E-state index is 4.76. The maximum atomic E-state index is 4.76. The molecule has 0 bridgehead atoms. The van der Waals surface area contributed by atoms with E-state index in [2.05, 4.69) is 134 Å². The van der Waals surface area contributed by atoms with Crippen LogP contribution in [0.15, 0.2) is 134 Å². The van der Waals surface area contributed by atoms with Crippen molar-refractivity contribution in [3.63, 3.8) is 0 Å². The minimum absolute atomic E-state index is 0.881. The molecule has 3 aromatic carbocycles. The van der Waals surface area contributed by atoms with Crippen molar-refractivity contribution in [3.05, 3.63) is 162 Å². The summed E-state index contributed by atoms with van der Waals surface area (Å²) < 4.78 is 4.44. The van der Waals surface area contributed by atoms with Gasteiger partial charge < -0.3 is 4.90 Å². The van der Waals surface area contributed by atoms with Crippen molar-refractivity contribution in [1.29, 1.82) is 0 Å². The second-order valence-corrected chi connectivity index (χ2v) is 12.3. The number of fused-ring (bicyclic) bond motifs is 6. The molecule has 8 aromatic rings.